The molecule has 0 spiro atoms. The molecule has 1 aromatic rings. The molecule has 1 fully saturated rings. The van der Waals surface area contributed by atoms with Gasteiger partial charge in [0.2, 0.25) is 12.7 Å². The van der Waals surface area contributed by atoms with Crippen LogP contribution < -0.4 is 15.2 Å². The molecule has 5 rings (SSSR count). The Bertz CT molecular complexity index is 1470. The van der Waals surface area contributed by atoms with Gasteiger partial charge in [-0.2, -0.15) is 0 Å². The number of hydrogen-bond donors (Lipinski definition) is 2. The van der Waals surface area contributed by atoms with Crippen molar-refractivity contribution in [3.8, 4) is 23.0 Å². The summed E-state index contributed by atoms with van der Waals surface area (Å²) in [5.74, 6) is 2.60. The number of halogens is 1. The molecular formula is C28H36BrN7O5S. The first kappa shape index (κ1) is 30.2. The minimum absolute atomic E-state index is 0.164. The van der Waals surface area contributed by atoms with Gasteiger partial charge in [-0.15, -0.1) is 0 Å². The Morgan fingerprint density at radius 2 is 1.81 bits per heavy atom. The number of benzene rings is 1. The van der Waals surface area contributed by atoms with E-state index < -0.39 is 17.2 Å². The lowest BCUT2D eigenvalue weighted by atomic mass is 9.90. The Balaban J connectivity index is 1.22. The third-order valence-electron chi connectivity index (χ3n) is 7.72. The average Bonchev–Trinajstić information content (AvgIpc) is 3.54. The Morgan fingerprint density at radius 3 is 2.45 bits per heavy atom. The first-order valence-electron chi connectivity index (χ1n) is 13.8. The molecule has 4 aliphatic rings. The Kier molecular flexibility index (Phi) is 8.23. The number of carboxylic acid groups (broad SMARTS) is 1. The van der Waals surface area contributed by atoms with Crippen LogP contribution in [0.4, 0.5) is 10.6 Å². The van der Waals surface area contributed by atoms with E-state index in [9.17, 15) is 14.7 Å². The lowest BCUT2D eigenvalue weighted by molar-refractivity contribution is -0.146. The average molecular weight is 663 g/mol. The quantitative estimate of drug-likeness (QED) is 0.346. The van der Waals surface area contributed by atoms with Crippen LogP contribution >= 0.6 is 27.7 Å². The number of nitrogens with two attached hydrogens (primary N) is 1. The second kappa shape index (κ2) is 11.4. The number of carbonyl (C=O) groups is 2. The second-order valence-electron chi connectivity index (χ2n) is 12.1. The van der Waals surface area contributed by atoms with Crippen LogP contribution in [-0.4, -0.2) is 77.4 Å². The number of amides is 2. The summed E-state index contributed by atoms with van der Waals surface area (Å²) in [5, 5.41) is 10.4. The number of aromatic nitrogens is 4. The van der Waals surface area contributed by atoms with Gasteiger partial charge >= 0.3 is 6.09 Å². The van der Waals surface area contributed by atoms with E-state index in [4.69, 9.17) is 20.2 Å². The topological polar surface area (TPSA) is 149 Å². The van der Waals surface area contributed by atoms with Crippen LogP contribution in [-0.2, 0) is 11.3 Å². The van der Waals surface area contributed by atoms with Gasteiger partial charge in [0.05, 0.1) is 6.33 Å². The van der Waals surface area contributed by atoms with E-state index in [1.807, 2.05) is 16.7 Å². The van der Waals surface area contributed by atoms with Crippen molar-refractivity contribution < 1.29 is 24.2 Å². The molecule has 0 aliphatic carbocycles. The van der Waals surface area contributed by atoms with Crippen LogP contribution in [0.1, 0.15) is 53.9 Å². The summed E-state index contributed by atoms with van der Waals surface area (Å²) in [4.78, 5) is 43.2. The smallest absolute Gasteiger partial charge is 0.408 e. The summed E-state index contributed by atoms with van der Waals surface area (Å²) in [6.07, 6.45) is 3.15. The van der Waals surface area contributed by atoms with E-state index in [1.165, 1.54) is 16.7 Å². The number of rotatable bonds is 7. The number of fused-ring (bicyclic) bond motifs is 2. The minimum atomic E-state index is -1.17. The van der Waals surface area contributed by atoms with Crippen LogP contribution in [0.15, 0.2) is 33.0 Å². The number of piperidine rings is 1. The molecule has 42 heavy (non-hydrogen) atoms. The van der Waals surface area contributed by atoms with Gasteiger partial charge in [-0.25, -0.2) is 19.7 Å². The molecule has 3 N–H and O–H groups in total. The van der Waals surface area contributed by atoms with Gasteiger partial charge < -0.3 is 29.8 Å². The van der Waals surface area contributed by atoms with Crippen LogP contribution in [0.2, 0.25) is 0 Å². The zero-order chi connectivity index (χ0) is 30.4. The molecule has 4 aliphatic heterocycles. The van der Waals surface area contributed by atoms with Gasteiger partial charge in [0, 0.05) is 34.5 Å². The predicted molar refractivity (Wildman–Crippen MR) is 161 cm³/mol. The number of nitrogen functional groups attached to an aromatic ring is 1. The van der Waals surface area contributed by atoms with Crippen molar-refractivity contribution in [1.29, 1.82) is 0 Å². The normalized spacial score (nSPS) is 15.8. The highest BCUT2D eigenvalue weighted by molar-refractivity contribution is 9.10. The van der Waals surface area contributed by atoms with Gasteiger partial charge in [0.15, 0.2) is 34.0 Å². The van der Waals surface area contributed by atoms with Crippen molar-refractivity contribution in [3.63, 3.8) is 0 Å². The molecule has 1 saturated heterocycles. The number of hydrogen-bond acceptors (Lipinski definition) is 9. The summed E-state index contributed by atoms with van der Waals surface area (Å²) in [6.45, 7) is 10.8. The standard InChI is InChI=1S/C28H36BrN7O5S/c1-27(2,3)36(26(38)39)28(4,5)24(37)34-9-6-16(7-10-34)8-11-35-14-31-22(30)21-23(35)33-25(32-21)42-20-13-19-18(12-17(20)29)40-15-41-19/h12-14,16H,6-11,15,30H2,1-5H3,(H,38,39). The minimum Gasteiger partial charge on any atom is -0.465 e. The number of anilines is 1. The number of aryl methyl sites for hydroxylation is 1. The van der Waals surface area contributed by atoms with Gasteiger partial charge in [-0.1, -0.05) is 0 Å². The van der Waals surface area contributed by atoms with Crippen molar-refractivity contribution in [2.75, 3.05) is 25.6 Å². The molecule has 1 aromatic carbocycles. The van der Waals surface area contributed by atoms with Gasteiger partial charge in [0.1, 0.15) is 5.54 Å². The van der Waals surface area contributed by atoms with Crippen molar-refractivity contribution in [2.24, 2.45) is 5.92 Å². The van der Waals surface area contributed by atoms with Crippen LogP contribution in [0.5, 0.6) is 11.5 Å². The van der Waals surface area contributed by atoms with Crippen molar-refractivity contribution in [3.05, 3.63) is 22.9 Å². The zero-order valence-electron chi connectivity index (χ0n) is 24.4. The SMILES string of the molecule is CC(C)(C)N(C(=O)O)C(C)(C)C(=O)N1CCC(CCn2cnc(N)c3nc(Sc4cc5c(cc4Br)OCO5)nc2-3)CC1. The molecule has 14 heteroatoms. The number of imidazole rings is 1. The first-order valence-corrected chi connectivity index (χ1v) is 15.4. The summed E-state index contributed by atoms with van der Waals surface area (Å²) in [6, 6.07) is 3.77. The second-order valence-corrected chi connectivity index (χ2v) is 14.0. The third-order valence-corrected chi connectivity index (χ3v) is 9.57. The molecular weight excluding hydrogens is 626 g/mol. The highest BCUT2D eigenvalue weighted by atomic mass is 79.9. The monoisotopic (exact) mass is 661 g/mol. The summed E-state index contributed by atoms with van der Waals surface area (Å²) < 4.78 is 13.8. The molecule has 0 saturated carbocycles. The van der Waals surface area contributed by atoms with Crippen molar-refractivity contribution in [1.82, 2.24) is 29.3 Å². The van der Waals surface area contributed by atoms with Gasteiger partial charge in [0.25, 0.3) is 0 Å². The van der Waals surface area contributed by atoms with Crippen molar-refractivity contribution >= 4 is 45.5 Å². The number of carbonyl (C=O) groups excluding carboxylic acids is 1. The Hall–Kier alpha value is -3.26. The number of ether oxygens (including phenoxy) is 2. The molecule has 0 radical (unpaired) electrons. The van der Waals surface area contributed by atoms with E-state index in [2.05, 4.69) is 25.9 Å². The maximum atomic E-state index is 13.5. The van der Waals surface area contributed by atoms with Crippen LogP contribution in [0.25, 0.3) is 11.5 Å². The first-order chi connectivity index (χ1) is 19.8. The molecule has 4 heterocycles. The molecule has 0 aromatic heterocycles. The Labute approximate surface area is 257 Å². The summed E-state index contributed by atoms with van der Waals surface area (Å²) in [7, 11) is 0. The fourth-order valence-corrected chi connectivity index (χ4v) is 7.17. The zero-order valence-corrected chi connectivity index (χ0v) is 26.8. The number of nitrogens with zero attached hydrogens (tertiary/aromatic N) is 6. The third kappa shape index (κ3) is 5.96. The largest absolute Gasteiger partial charge is 0.465 e. The molecule has 12 nitrogen and oxygen atoms in total. The van der Waals surface area contributed by atoms with E-state index in [-0.39, 0.29) is 12.7 Å². The maximum absolute atomic E-state index is 13.5. The van der Waals surface area contributed by atoms with E-state index in [0.717, 1.165) is 28.6 Å². The maximum Gasteiger partial charge on any atom is 0.408 e. The fraction of sp³-hybridized carbons (Fsp3) is 0.536. The molecule has 0 atom stereocenters. The predicted octanol–water partition coefficient (Wildman–Crippen LogP) is 5.19. The highest BCUT2D eigenvalue weighted by Gasteiger charge is 2.46. The van der Waals surface area contributed by atoms with Gasteiger partial charge in [-0.05, 0) is 99.6 Å². The molecule has 0 unspecified atom stereocenters. The van der Waals surface area contributed by atoms with Crippen LogP contribution in [0, 0.1) is 5.92 Å². The molecule has 226 valence electrons. The lowest BCUT2D eigenvalue weighted by Crippen LogP contribution is -2.64. The van der Waals surface area contributed by atoms with E-state index in [0.29, 0.717) is 59.5 Å². The summed E-state index contributed by atoms with van der Waals surface area (Å²) >= 11 is 4.99. The van der Waals surface area contributed by atoms with Crippen molar-refractivity contribution in [2.45, 2.75) is 81.6 Å². The van der Waals surface area contributed by atoms with Crippen LogP contribution in [0.3, 0.4) is 0 Å². The fourth-order valence-electron chi connectivity index (χ4n) is 5.81. The molecule has 0 bridgehead atoms. The highest BCUT2D eigenvalue weighted by Crippen LogP contribution is 2.43. The summed E-state index contributed by atoms with van der Waals surface area (Å²) in [5.41, 5.74) is 4.84. The lowest BCUT2D eigenvalue weighted by Gasteiger charge is -2.46. The van der Waals surface area contributed by atoms with E-state index >= 15 is 0 Å². The number of likely N-dealkylation sites (tertiary alicyclic amines) is 1. The Morgan fingerprint density at radius 1 is 1.14 bits per heavy atom. The van der Waals surface area contributed by atoms with E-state index in [1.54, 1.807) is 45.8 Å². The van der Waals surface area contributed by atoms with Gasteiger partial charge in [-0.3, -0.25) is 9.69 Å². The molecule has 2 amide bonds.